The molecule has 2 unspecified atom stereocenters. The number of carbonyl (C=O) groups is 1. The Bertz CT molecular complexity index is 328. The molecular formula is C7H14N2O3S2. The van der Waals surface area contributed by atoms with Gasteiger partial charge in [0.1, 0.15) is 6.04 Å². The number of amides is 1. The van der Waals surface area contributed by atoms with Crippen LogP contribution in [0, 0.1) is 0 Å². The molecule has 0 aromatic rings. The van der Waals surface area contributed by atoms with Crippen molar-refractivity contribution in [2.45, 2.75) is 17.7 Å². The SMILES string of the molecule is CNC(=O)C1CC(S)CN1S(C)(=O)=O. The van der Waals surface area contributed by atoms with Crippen molar-refractivity contribution in [1.29, 1.82) is 0 Å². The van der Waals surface area contributed by atoms with Crippen LogP contribution in [0.3, 0.4) is 0 Å². The summed E-state index contributed by atoms with van der Waals surface area (Å²) in [5.74, 6) is -0.271. The third kappa shape index (κ3) is 2.40. The molecule has 5 nitrogen and oxygen atoms in total. The molecule has 1 heterocycles. The summed E-state index contributed by atoms with van der Waals surface area (Å²) in [5.41, 5.74) is 0. The average molecular weight is 238 g/mol. The number of carbonyl (C=O) groups excluding carboxylic acids is 1. The van der Waals surface area contributed by atoms with Gasteiger partial charge in [-0.25, -0.2) is 8.42 Å². The van der Waals surface area contributed by atoms with Crippen molar-refractivity contribution in [2.75, 3.05) is 19.8 Å². The molecule has 7 heteroatoms. The number of sulfonamides is 1. The Morgan fingerprint density at radius 1 is 1.57 bits per heavy atom. The monoisotopic (exact) mass is 238 g/mol. The molecule has 82 valence electrons. The normalized spacial score (nSPS) is 29.1. The molecule has 2 atom stereocenters. The summed E-state index contributed by atoms with van der Waals surface area (Å²) in [6.45, 7) is 0.306. The van der Waals surface area contributed by atoms with Crippen molar-refractivity contribution >= 4 is 28.6 Å². The number of nitrogens with zero attached hydrogens (tertiary/aromatic N) is 1. The maximum absolute atomic E-state index is 11.4. The Hall–Kier alpha value is -0.270. The van der Waals surface area contributed by atoms with Gasteiger partial charge in [-0.1, -0.05) is 0 Å². The Morgan fingerprint density at radius 3 is 2.57 bits per heavy atom. The standard InChI is InChI=1S/C7H14N2O3S2/c1-8-7(10)6-3-5(13)4-9(6)14(2,11)12/h5-6,13H,3-4H2,1-2H3,(H,8,10). The summed E-state index contributed by atoms with van der Waals surface area (Å²) in [7, 11) is -1.82. The fourth-order valence-electron chi connectivity index (χ4n) is 1.56. The van der Waals surface area contributed by atoms with Gasteiger partial charge in [0.05, 0.1) is 6.26 Å². The third-order valence-corrected chi connectivity index (χ3v) is 3.84. The van der Waals surface area contributed by atoms with Gasteiger partial charge in [0, 0.05) is 18.8 Å². The predicted molar refractivity (Wildman–Crippen MR) is 56.8 cm³/mol. The first-order chi connectivity index (χ1) is 6.36. The van der Waals surface area contributed by atoms with Gasteiger partial charge in [-0.15, -0.1) is 0 Å². The first kappa shape index (κ1) is 11.8. The van der Waals surface area contributed by atoms with Crippen LogP contribution >= 0.6 is 12.6 Å². The fraction of sp³-hybridized carbons (Fsp3) is 0.857. The molecule has 0 saturated carbocycles. The minimum Gasteiger partial charge on any atom is -0.358 e. The molecule has 1 aliphatic rings. The number of likely N-dealkylation sites (N-methyl/N-ethyl adjacent to an activating group) is 1. The lowest BCUT2D eigenvalue weighted by Gasteiger charge is -2.19. The van der Waals surface area contributed by atoms with Crippen molar-refractivity contribution in [3.05, 3.63) is 0 Å². The molecule has 0 aromatic heterocycles. The van der Waals surface area contributed by atoms with E-state index in [1.165, 1.54) is 11.4 Å². The Morgan fingerprint density at radius 2 is 2.14 bits per heavy atom. The molecule has 0 radical (unpaired) electrons. The van der Waals surface area contributed by atoms with Crippen LogP contribution in [-0.4, -0.2) is 49.8 Å². The van der Waals surface area contributed by atoms with Crippen molar-refractivity contribution in [3.8, 4) is 0 Å². The predicted octanol–water partition coefficient (Wildman–Crippen LogP) is -0.935. The lowest BCUT2D eigenvalue weighted by molar-refractivity contribution is -0.123. The molecular weight excluding hydrogens is 224 g/mol. The van der Waals surface area contributed by atoms with E-state index in [0.29, 0.717) is 13.0 Å². The van der Waals surface area contributed by atoms with Crippen LogP contribution in [0.2, 0.25) is 0 Å². The van der Waals surface area contributed by atoms with E-state index in [9.17, 15) is 13.2 Å². The molecule has 1 fully saturated rings. The molecule has 0 spiro atoms. The first-order valence-electron chi connectivity index (χ1n) is 4.22. The van der Waals surface area contributed by atoms with E-state index in [1.54, 1.807) is 0 Å². The number of rotatable bonds is 2. The van der Waals surface area contributed by atoms with Gasteiger partial charge in [0.2, 0.25) is 15.9 Å². The highest BCUT2D eigenvalue weighted by Crippen LogP contribution is 2.24. The molecule has 0 aliphatic carbocycles. The second-order valence-electron chi connectivity index (χ2n) is 3.35. The lowest BCUT2D eigenvalue weighted by Crippen LogP contribution is -2.44. The van der Waals surface area contributed by atoms with E-state index in [4.69, 9.17) is 0 Å². The zero-order valence-corrected chi connectivity index (χ0v) is 9.81. The van der Waals surface area contributed by atoms with E-state index >= 15 is 0 Å². The number of nitrogens with one attached hydrogen (secondary N) is 1. The van der Waals surface area contributed by atoms with E-state index in [-0.39, 0.29) is 11.2 Å². The fourth-order valence-corrected chi connectivity index (χ4v) is 3.14. The van der Waals surface area contributed by atoms with Gasteiger partial charge >= 0.3 is 0 Å². The molecule has 0 bridgehead atoms. The zero-order valence-electron chi connectivity index (χ0n) is 8.10. The Labute approximate surface area is 89.3 Å². The van der Waals surface area contributed by atoms with Crippen LogP contribution in [0.25, 0.3) is 0 Å². The number of hydrogen-bond donors (Lipinski definition) is 2. The third-order valence-electron chi connectivity index (χ3n) is 2.21. The summed E-state index contributed by atoms with van der Waals surface area (Å²) >= 11 is 4.19. The summed E-state index contributed by atoms with van der Waals surface area (Å²) in [6.07, 6.45) is 1.57. The van der Waals surface area contributed by atoms with Crippen molar-refractivity contribution in [3.63, 3.8) is 0 Å². The summed E-state index contributed by atoms with van der Waals surface area (Å²) in [6, 6.07) is -0.600. The van der Waals surface area contributed by atoms with Crippen molar-refractivity contribution in [1.82, 2.24) is 9.62 Å². The topological polar surface area (TPSA) is 66.5 Å². The van der Waals surface area contributed by atoms with Gasteiger partial charge in [-0.05, 0) is 6.42 Å². The highest BCUT2D eigenvalue weighted by Gasteiger charge is 2.39. The maximum atomic E-state index is 11.4. The molecule has 0 aromatic carbocycles. The molecule has 14 heavy (non-hydrogen) atoms. The smallest absolute Gasteiger partial charge is 0.238 e. The van der Waals surface area contributed by atoms with E-state index in [2.05, 4.69) is 17.9 Å². The average Bonchev–Trinajstić information content (AvgIpc) is 2.45. The van der Waals surface area contributed by atoms with Crippen molar-refractivity contribution < 1.29 is 13.2 Å². The maximum Gasteiger partial charge on any atom is 0.238 e. The summed E-state index contributed by atoms with van der Waals surface area (Å²) < 4.78 is 23.8. The van der Waals surface area contributed by atoms with E-state index in [0.717, 1.165) is 6.26 Å². The molecule has 1 amide bonds. The molecule has 1 rings (SSSR count). The van der Waals surface area contributed by atoms with Crippen LogP contribution in [0.4, 0.5) is 0 Å². The second kappa shape index (κ2) is 4.08. The Balaban J connectivity index is 2.89. The van der Waals surface area contributed by atoms with Gasteiger partial charge < -0.3 is 5.32 Å². The van der Waals surface area contributed by atoms with E-state index in [1.807, 2.05) is 0 Å². The first-order valence-corrected chi connectivity index (χ1v) is 6.59. The summed E-state index contributed by atoms with van der Waals surface area (Å²) in [4.78, 5) is 11.4. The molecule has 1 N–H and O–H groups in total. The van der Waals surface area contributed by atoms with Crippen molar-refractivity contribution in [2.24, 2.45) is 0 Å². The quantitative estimate of drug-likeness (QED) is 0.611. The number of thiol groups is 1. The van der Waals surface area contributed by atoms with Gasteiger partial charge in [0.25, 0.3) is 0 Å². The van der Waals surface area contributed by atoms with Crippen LogP contribution < -0.4 is 5.32 Å². The van der Waals surface area contributed by atoms with Gasteiger partial charge in [-0.3, -0.25) is 4.79 Å². The van der Waals surface area contributed by atoms with Crippen LogP contribution in [-0.2, 0) is 14.8 Å². The van der Waals surface area contributed by atoms with E-state index < -0.39 is 16.1 Å². The second-order valence-corrected chi connectivity index (χ2v) is 6.02. The number of hydrogen-bond acceptors (Lipinski definition) is 4. The van der Waals surface area contributed by atoms with Gasteiger partial charge in [0.15, 0.2) is 0 Å². The minimum absolute atomic E-state index is 0.0629. The highest BCUT2D eigenvalue weighted by molar-refractivity contribution is 7.88. The Kier molecular flexibility index (Phi) is 3.44. The van der Waals surface area contributed by atoms with Crippen LogP contribution in [0.5, 0.6) is 0 Å². The molecule has 1 aliphatic heterocycles. The minimum atomic E-state index is -3.32. The van der Waals surface area contributed by atoms with Gasteiger partial charge in [-0.2, -0.15) is 16.9 Å². The molecule has 1 saturated heterocycles. The van der Waals surface area contributed by atoms with Crippen LogP contribution in [0.1, 0.15) is 6.42 Å². The zero-order chi connectivity index (χ0) is 10.9. The van der Waals surface area contributed by atoms with Crippen LogP contribution in [0.15, 0.2) is 0 Å². The lowest BCUT2D eigenvalue weighted by atomic mass is 10.2. The summed E-state index contributed by atoms with van der Waals surface area (Å²) in [5, 5.41) is 2.39. The largest absolute Gasteiger partial charge is 0.358 e. The highest BCUT2D eigenvalue weighted by atomic mass is 32.2.